The lowest BCUT2D eigenvalue weighted by Gasteiger charge is -2.41. The van der Waals surface area contributed by atoms with E-state index >= 15 is 0 Å². The standard InChI is InChI=1S/C17H21N5O2/c23-16-10-18-5-9-22(16)14-2-1-7-21(12-14)17(24)13-3-4-15-19-6-8-20(15)11-13/h3-4,6,8,11,14,18H,1-2,5,7,9-10,12H2. The van der Waals surface area contributed by atoms with Crippen molar-refractivity contribution in [1.29, 1.82) is 0 Å². The van der Waals surface area contributed by atoms with Gasteiger partial charge in [-0.25, -0.2) is 4.98 Å². The summed E-state index contributed by atoms with van der Waals surface area (Å²) in [4.78, 5) is 33.0. The van der Waals surface area contributed by atoms with Crippen molar-refractivity contribution in [3.8, 4) is 0 Å². The number of piperazine rings is 1. The van der Waals surface area contributed by atoms with E-state index in [9.17, 15) is 9.59 Å². The van der Waals surface area contributed by atoms with Crippen LogP contribution < -0.4 is 5.32 Å². The molecule has 24 heavy (non-hydrogen) atoms. The van der Waals surface area contributed by atoms with Crippen LogP contribution in [0.2, 0.25) is 0 Å². The summed E-state index contributed by atoms with van der Waals surface area (Å²) in [6.45, 7) is 3.33. The fourth-order valence-corrected chi connectivity index (χ4v) is 3.63. The van der Waals surface area contributed by atoms with E-state index in [0.29, 0.717) is 18.7 Å². The molecule has 0 spiro atoms. The molecular weight excluding hydrogens is 306 g/mol. The topological polar surface area (TPSA) is 70.0 Å². The molecular formula is C17H21N5O2. The summed E-state index contributed by atoms with van der Waals surface area (Å²) in [6.07, 6.45) is 7.28. The number of hydrogen-bond acceptors (Lipinski definition) is 4. The third kappa shape index (κ3) is 2.75. The van der Waals surface area contributed by atoms with Crippen LogP contribution >= 0.6 is 0 Å². The number of fused-ring (bicyclic) bond motifs is 1. The lowest BCUT2D eigenvalue weighted by Crippen LogP contribution is -2.57. The van der Waals surface area contributed by atoms with E-state index in [1.54, 1.807) is 6.20 Å². The Hall–Kier alpha value is -2.41. The first-order valence-corrected chi connectivity index (χ1v) is 8.44. The second kappa shape index (κ2) is 6.24. The molecule has 2 amide bonds. The Morgan fingerprint density at radius 2 is 2.21 bits per heavy atom. The minimum Gasteiger partial charge on any atom is -0.337 e. The molecule has 126 valence electrons. The molecule has 2 aliphatic rings. The Balaban J connectivity index is 1.50. The van der Waals surface area contributed by atoms with E-state index in [4.69, 9.17) is 0 Å². The van der Waals surface area contributed by atoms with E-state index in [0.717, 1.165) is 38.1 Å². The summed E-state index contributed by atoms with van der Waals surface area (Å²) < 4.78 is 1.86. The van der Waals surface area contributed by atoms with E-state index < -0.39 is 0 Å². The first-order valence-electron chi connectivity index (χ1n) is 8.44. The Kier molecular flexibility index (Phi) is 3.93. The summed E-state index contributed by atoms with van der Waals surface area (Å²) in [5, 5.41) is 3.10. The zero-order valence-corrected chi connectivity index (χ0v) is 13.5. The number of nitrogens with one attached hydrogen (secondary N) is 1. The van der Waals surface area contributed by atoms with Gasteiger partial charge >= 0.3 is 0 Å². The normalized spacial score (nSPS) is 22.2. The molecule has 2 aliphatic heterocycles. The van der Waals surface area contributed by atoms with E-state index in [-0.39, 0.29) is 17.9 Å². The Bertz CT molecular complexity index is 771. The first kappa shape index (κ1) is 15.1. The van der Waals surface area contributed by atoms with Gasteiger partial charge in [0.25, 0.3) is 5.91 Å². The van der Waals surface area contributed by atoms with Gasteiger partial charge in [-0.2, -0.15) is 0 Å². The highest BCUT2D eigenvalue weighted by molar-refractivity contribution is 5.94. The molecule has 0 aromatic carbocycles. The molecule has 0 aliphatic carbocycles. The van der Waals surface area contributed by atoms with Crippen molar-refractivity contribution >= 4 is 17.5 Å². The molecule has 7 heteroatoms. The number of nitrogens with zero attached hydrogens (tertiary/aromatic N) is 4. The number of likely N-dealkylation sites (tertiary alicyclic amines) is 1. The van der Waals surface area contributed by atoms with Gasteiger partial charge in [-0.3, -0.25) is 9.59 Å². The van der Waals surface area contributed by atoms with E-state index in [1.807, 2.05) is 38.7 Å². The number of amides is 2. The van der Waals surface area contributed by atoms with Gasteiger partial charge in [0.15, 0.2) is 0 Å². The molecule has 2 aromatic rings. The Morgan fingerprint density at radius 1 is 1.29 bits per heavy atom. The Labute approximate surface area is 140 Å². The van der Waals surface area contributed by atoms with Crippen LogP contribution in [0.25, 0.3) is 5.65 Å². The van der Waals surface area contributed by atoms with Crippen molar-refractivity contribution < 1.29 is 9.59 Å². The molecule has 1 unspecified atom stereocenters. The fraction of sp³-hybridized carbons (Fsp3) is 0.471. The molecule has 0 radical (unpaired) electrons. The van der Waals surface area contributed by atoms with Gasteiger partial charge in [0.1, 0.15) is 5.65 Å². The number of carbonyl (C=O) groups excluding carboxylic acids is 2. The molecule has 1 N–H and O–H groups in total. The highest BCUT2D eigenvalue weighted by atomic mass is 16.2. The maximum atomic E-state index is 12.9. The quantitative estimate of drug-likeness (QED) is 0.865. The molecule has 2 saturated heterocycles. The van der Waals surface area contributed by atoms with Crippen LogP contribution in [0.5, 0.6) is 0 Å². The molecule has 7 nitrogen and oxygen atoms in total. The zero-order valence-electron chi connectivity index (χ0n) is 13.5. The highest BCUT2D eigenvalue weighted by Gasteiger charge is 2.31. The SMILES string of the molecule is O=C(c1ccc2nccn2c1)N1CCCC(N2CCNCC2=O)C1. The number of rotatable bonds is 2. The monoisotopic (exact) mass is 327 g/mol. The number of imidazole rings is 1. The van der Waals surface area contributed by atoms with Crippen molar-refractivity contribution in [2.45, 2.75) is 18.9 Å². The van der Waals surface area contributed by atoms with Crippen molar-refractivity contribution in [2.75, 3.05) is 32.7 Å². The van der Waals surface area contributed by atoms with Gasteiger partial charge in [-0.05, 0) is 25.0 Å². The van der Waals surface area contributed by atoms with Gasteiger partial charge in [-0.15, -0.1) is 0 Å². The summed E-state index contributed by atoms with van der Waals surface area (Å²) in [5.41, 5.74) is 1.49. The second-order valence-electron chi connectivity index (χ2n) is 6.42. The van der Waals surface area contributed by atoms with Crippen LogP contribution in [-0.2, 0) is 4.79 Å². The highest BCUT2D eigenvalue weighted by Crippen LogP contribution is 2.19. The lowest BCUT2D eigenvalue weighted by atomic mass is 10.0. The first-order chi connectivity index (χ1) is 11.7. The number of aromatic nitrogens is 2. The molecule has 4 heterocycles. The van der Waals surface area contributed by atoms with Crippen LogP contribution in [0.3, 0.4) is 0 Å². The van der Waals surface area contributed by atoms with Gasteiger partial charge in [0.2, 0.25) is 5.91 Å². The number of piperidine rings is 1. The average molecular weight is 327 g/mol. The number of pyridine rings is 1. The van der Waals surface area contributed by atoms with Gasteiger partial charge in [-0.1, -0.05) is 0 Å². The van der Waals surface area contributed by atoms with Crippen LogP contribution in [0, 0.1) is 0 Å². The van der Waals surface area contributed by atoms with Crippen molar-refractivity contribution in [3.63, 3.8) is 0 Å². The lowest BCUT2D eigenvalue weighted by molar-refractivity contribution is -0.135. The van der Waals surface area contributed by atoms with Gasteiger partial charge in [0, 0.05) is 50.8 Å². The minimum atomic E-state index is 0.0258. The third-order valence-corrected chi connectivity index (χ3v) is 4.89. The van der Waals surface area contributed by atoms with Crippen molar-refractivity contribution in [2.24, 2.45) is 0 Å². The molecule has 0 saturated carbocycles. The Morgan fingerprint density at radius 3 is 3.08 bits per heavy atom. The van der Waals surface area contributed by atoms with Gasteiger partial charge < -0.3 is 19.5 Å². The maximum absolute atomic E-state index is 12.9. The zero-order chi connectivity index (χ0) is 16.5. The predicted molar refractivity (Wildman–Crippen MR) is 88.7 cm³/mol. The molecule has 2 aromatic heterocycles. The molecule has 1 atom stereocenters. The predicted octanol–water partition coefficient (Wildman–Crippen LogP) is 0.371. The number of carbonyl (C=O) groups is 2. The van der Waals surface area contributed by atoms with Crippen LogP contribution in [0.1, 0.15) is 23.2 Å². The number of hydrogen-bond donors (Lipinski definition) is 1. The summed E-state index contributed by atoms with van der Waals surface area (Å²) in [6, 6.07) is 3.81. The molecule has 0 bridgehead atoms. The van der Waals surface area contributed by atoms with Crippen molar-refractivity contribution in [1.82, 2.24) is 24.5 Å². The van der Waals surface area contributed by atoms with E-state index in [2.05, 4.69) is 10.3 Å². The van der Waals surface area contributed by atoms with Crippen LogP contribution in [0.4, 0.5) is 0 Å². The second-order valence-corrected chi connectivity index (χ2v) is 6.42. The summed E-state index contributed by atoms with van der Waals surface area (Å²) in [5.74, 6) is 0.165. The molecule has 2 fully saturated rings. The average Bonchev–Trinajstić information content (AvgIpc) is 3.09. The largest absolute Gasteiger partial charge is 0.337 e. The van der Waals surface area contributed by atoms with Crippen molar-refractivity contribution in [3.05, 3.63) is 36.3 Å². The third-order valence-electron chi connectivity index (χ3n) is 4.89. The van der Waals surface area contributed by atoms with E-state index in [1.165, 1.54) is 0 Å². The maximum Gasteiger partial charge on any atom is 0.255 e. The van der Waals surface area contributed by atoms with Gasteiger partial charge in [0.05, 0.1) is 12.1 Å². The minimum absolute atomic E-state index is 0.0258. The summed E-state index contributed by atoms with van der Waals surface area (Å²) in [7, 11) is 0. The van der Waals surface area contributed by atoms with Crippen LogP contribution in [0.15, 0.2) is 30.7 Å². The fourth-order valence-electron chi connectivity index (χ4n) is 3.63. The van der Waals surface area contributed by atoms with Crippen LogP contribution in [-0.4, -0.2) is 69.8 Å². The smallest absolute Gasteiger partial charge is 0.255 e. The molecule has 4 rings (SSSR count). The summed E-state index contributed by atoms with van der Waals surface area (Å²) >= 11 is 0.